The molecule has 0 spiro atoms. The van der Waals surface area contributed by atoms with Crippen LogP contribution in [-0.2, 0) is 9.47 Å². The summed E-state index contributed by atoms with van der Waals surface area (Å²) in [7, 11) is 0. The lowest BCUT2D eigenvalue weighted by Crippen LogP contribution is -2.50. The van der Waals surface area contributed by atoms with Gasteiger partial charge in [-0.3, -0.25) is 0 Å². The third-order valence-corrected chi connectivity index (χ3v) is 2.58. The Morgan fingerprint density at radius 2 is 1.64 bits per heavy atom. The van der Waals surface area contributed by atoms with Crippen molar-refractivity contribution in [3.8, 4) is 0 Å². The van der Waals surface area contributed by atoms with Crippen LogP contribution in [0.15, 0.2) is 6.20 Å². The van der Waals surface area contributed by atoms with Gasteiger partial charge in [0.25, 0.3) is 5.95 Å². The number of nitrogens with one attached hydrogen (secondary N) is 1. The number of amides is 2. The Bertz CT molecular complexity index is 672. The first-order valence-corrected chi connectivity index (χ1v) is 7.61. The van der Waals surface area contributed by atoms with E-state index in [0.717, 1.165) is 6.20 Å². The Morgan fingerprint density at radius 1 is 1.12 bits per heavy atom. The van der Waals surface area contributed by atoms with E-state index in [0.29, 0.717) is 5.01 Å². The average Bonchev–Trinajstić information content (AvgIpc) is 2.38. The molecule has 1 aromatic rings. The first kappa shape index (κ1) is 20.9. The zero-order valence-electron chi connectivity index (χ0n) is 14.7. The second-order valence-corrected chi connectivity index (χ2v) is 7.40. The number of aromatic nitrogens is 1. The molecule has 2 amide bonds. The van der Waals surface area contributed by atoms with Crippen molar-refractivity contribution in [2.75, 3.05) is 5.01 Å². The summed E-state index contributed by atoms with van der Waals surface area (Å²) in [4.78, 5) is 27.4. The van der Waals surface area contributed by atoms with E-state index in [4.69, 9.17) is 21.1 Å². The van der Waals surface area contributed by atoms with E-state index >= 15 is 0 Å². The lowest BCUT2D eigenvalue weighted by atomic mass is 10.2. The SMILES string of the molecule is CC(C)(C)OC(=O)NN(C(=O)OC(C)(C)C)c1c(Cl)cnc(F)c1F. The molecule has 0 bridgehead atoms. The number of hydrazine groups is 1. The van der Waals surface area contributed by atoms with Crippen LogP contribution in [0.25, 0.3) is 0 Å². The number of hydrogen-bond acceptors (Lipinski definition) is 5. The van der Waals surface area contributed by atoms with E-state index in [1.807, 2.05) is 5.43 Å². The van der Waals surface area contributed by atoms with Gasteiger partial charge in [0.15, 0.2) is 0 Å². The van der Waals surface area contributed by atoms with Gasteiger partial charge in [-0.25, -0.2) is 20.0 Å². The minimum atomic E-state index is -1.53. The highest BCUT2D eigenvalue weighted by Gasteiger charge is 2.32. The van der Waals surface area contributed by atoms with Crippen molar-refractivity contribution < 1.29 is 27.8 Å². The molecule has 1 rings (SSSR count). The lowest BCUT2D eigenvalue weighted by Gasteiger charge is -2.29. The van der Waals surface area contributed by atoms with Crippen molar-refractivity contribution in [1.29, 1.82) is 0 Å². The quantitative estimate of drug-likeness (QED) is 0.584. The van der Waals surface area contributed by atoms with Crippen molar-refractivity contribution in [3.05, 3.63) is 23.0 Å². The molecule has 1 aromatic heterocycles. The van der Waals surface area contributed by atoms with Crippen LogP contribution in [0.1, 0.15) is 41.5 Å². The van der Waals surface area contributed by atoms with Crippen LogP contribution >= 0.6 is 11.6 Å². The summed E-state index contributed by atoms with van der Waals surface area (Å²) in [5, 5.41) is -0.0808. The molecule has 140 valence electrons. The molecule has 0 radical (unpaired) electrons. The van der Waals surface area contributed by atoms with Gasteiger partial charge in [0.2, 0.25) is 5.82 Å². The van der Waals surface area contributed by atoms with Gasteiger partial charge in [-0.1, -0.05) is 11.6 Å². The van der Waals surface area contributed by atoms with E-state index in [1.54, 1.807) is 41.5 Å². The summed E-state index contributed by atoms with van der Waals surface area (Å²) in [5.41, 5.74) is -0.622. The van der Waals surface area contributed by atoms with Crippen molar-refractivity contribution in [1.82, 2.24) is 10.4 Å². The molecule has 0 atom stereocenters. The Labute approximate surface area is 149 Å². The van der Waals surface area contributed by atoms with Crippen LogP contribution in [0.3, 0.4) is 0 Å². The van der Waals surface area contributed by atoms with E-state index < -0.39 is 45.9 Å². The van der Waals surface area contributed by atoms with Crippen LogP contribution in [0.4, 0.5) is 24.1 Å². The summed E-state index contributed by atoms with van der Waals surface area (Å²) in [5.74, 6) is -3.03. The van der Waals surface area contributed by atoms with Gasteiger partial charge in [-0.2, -0.15) is 13.8 Å². The molecule has 0 fully saturated rings. The number of halogens is 3. The number of hydrogen-bond donors (Lipinski definition) is 1. The molecule has 7 nitrogen and oxygen atoms in total. The molecule has 0 aliphatic rings. The van der Waals surface area contributed by atoms with Gasteiger partial charge < -0.3 is 9.47 Å². The molecule has 25 heavy (non-hydrogen) atoms. The normalized spacial score (nSPS) is 11.7. The smallest absolute Gasteiger partial charge is 0.434 e. The predicted octanol–water partition coefficient (Wildman–Crippen LogP) is 4.19. The maximum atomic E-state index is 14.1. The average molecular weight is 380 g/mol. The number of rotatable bonds is 1. The van der Waals surface area contributed by atoms with Gasteiger partial charge in [0, 0.05) is 0 Å². The molecule has 10 heteroatoms. The Hall–Kier alpha value is -2.16. The summed E-state index contributed by atoms with van der Waals surface area (Å²) >= 11 is 5.82. The van der Waals surface area contributed by atoms with Crippen LogP contribution in [0.5, 0.6) is 0 Å². The first-order chi connectivity index (χ1) is 11.2. The molecule has 0 unspecified atom stereocenters. The monoisotopic (exact) mass is 379 g/mol. The first-order valence-electron chi connectivity index (χ1n) is 7.23. The fourth-order valence-corrected chi connectivity index (χ4v) is 1.75. The van der Waals surface area contributed by atoms with Gasteiger partial charge in [-0.05, 0) is 41.5 Å². The van der Waals surface area contributed by atoms with Crippen LogP contribution in [0.2, 0.25) is 5.02 Å². The van der Waals surface area contributed by atoms with Gasteiger partial charge in [0.1, 0.15) is 16.9 Å². The molecule has 0 saturated carbocycles. The van der Waals surface area contributed by atoms with Crippen LogP contribution < -0.4 is 10.4 Å². The second-order valence-electron chi connectivity index (χ2n) is 6.99. The molecule has 0 saturated heterocycles. The highest BCUT2D eigenvalue weighted by Crippen LogP contribution is 2.29. The predicted molar refractivity (Wildman–Crippen MR) is 87.2 cm³/mol. The number of ether oxygens (including phenoxy) is 2. The number of carbonyl (C=O) groups excluding carboxylic acids is 2. The molecule has 1 heterocycles. The summed E-state index contributed by atoms with van der Waals surface area (Å²) in [6.07, 6.45) is -1.49. The van der Waals surface area contributed by atoms with Gasteiger partial charge >= 0.3 is 12.2 Å². The highest BCUT2D eigenvalue weighted by atomic mass is 35.5. The maximum absolute atomic E-state index is 14.1. The third kappa shape index (κ3) is 6.33. The molecular weight excluding hydrogens is 360 g/mol. The van der Waals surface area contributed by atoms with Gasteiger partial charge in [0.05, 0.1) is 11.2 Å². The maximum Gasteiger partial charge on any atom is 0.434 e. The Morgan fingerprint density at radius 3 is 2.12 bits per heavy atom. The number of nitrogens with zero attached hydrogens (tertiary/aromatic N) is 2. The van der Waals surface area contributed by atoms with Crippen molar-refractivity contribution in [2.24, 2.45) is 0 Å². The summed E-state index contributed by atoms with van der Waals surface area (Å²) < 4.78 is 37.7. The molecule has 0 aromatic carbocycles. The second kappa shape index (κ2) is 7.38. The third-order valence-electron chi connectivity index (χ3n) is 2.31. The van der Waals surface area contributed by atoms with E-state index in [2.05, 4.69) is 4.98 Å². The zero-order chi connectivity index (χ0) is 19.6. The van der Waals surface area contributed by atoms with Crippen molar-refractivity contribution >= 4 is 29.5 Å². The fraction of sp³-hybridized carbons (Fsp3) is 0.533. The van der Waals surface area contributed by atoms with Gasteiger partial charge in [-0.15, -0.1) is 0 Å². The van der Waals surface area contributed by atoms with E-state index in [-0.39, 0.29) is 0 Å². The number of pyridine rings is 1. The van der Waals surface area contributed by atoms with Crippen molar-refractivity contribution in [2.45, 2.75) is 52.7 Å². The lowest BCUT2D eigenvalue weighted by molar-refractivity contribution is 0.0424. The Balaban J connectivity index is 3.27. The van der Waals surface area contributed by atoms with E-state index in [9.17, 15) is 18.4 Å². The highest BCUT2D eigenvalue weighted by molar-refractivity contribution is 6.33. The molecule has 0 aliphatic heterocycles. The number of anilines is 1. The minimum absolute atomic E-state index is 0.335. The minimum Gasteiger partial charge on any atom is -0.443 e. The molecule has 1 N–H and O–H groups in total. The zero-order valence-corrected chi connectivity index (χ0v) is 15.5. The standard InChI is InChI=1S/C15H20ClF2N3O4/c1-14(2,3)24-12(22)20-21(13(23)25-15(4,5)6)10-8(16)7-19-11(18)9(10)17/h7H,1-6H3,(H,20,22). The Kier molecular flexibility index (Phi) is 6.17. The largest absolute Gasteiger partial charge is 0.443 e. The summed E-state index contributed by atoms with van der Waals surface area (Å²) in [6.45, 7) is 9.43. The topological polar surface area (TPSA) is 80.8 Å². The number of carbonyl (C=O) groups is 2. The summed E-state index contributed by atoms with van der Waals surface area (Å²) in [6, 6.07) is 0. The van der Waals surface area contributed by atoms with E-state index in [1.165, 1.54) is 0 Å². The fourth-order valence-electron chi connectivity index (χ4n) is 1.53. The van der Waals surface area contributed by atoms with Crippen LogP contribution in [-0.4, -0.2) is 28.4 Å². The van der Waals surface area contributed by atoms with Crippen molar-refractivity contribution in [3.63, 3.8) is 0 Å². The molecule has 0 aliphatic carbocycles. The van der Waals surface area contributed by atoms with Crippen LogP contribution in [0, 0.1) is 11.8 Å². The molecular formula is C15H20ClF2N3O4.